The van der Waals surface area contributed by atoms with Gasteiger partial charge < -0.3 is 0 Å². The molecule has 1 aliphatic heterocycles. The molecule has 152 valence electrons. The van der Waals surface area contributed by atoms with Gasteiger partial charge in [-0.1, -0.05) is 20.8 Å². The maximum absolute atomic E-state index is 12.4. The molecular weight excluding hydrogens is 350 g/mol. The standard InChI is InChI=1S/C22H33N5O/c1-22(2,3)20-11-12-21(28)27(24-20)14-16-8-7-13-26(16)15-19-17-9-5-6-10-18(17)23-25(19)4/h11-12,16H,5-10,13-15H2,1-4H3. The van der Waals surface area contributed by atoms with Crippen molar-refractivity contribution in [3.05, 3.63) is 45.1 Å². The molecule has 0 N–H and O–H groups in total. The minimum absolute atomic E-state index is 0.00207. The quantitative estimate of drug-likeness (QED) is 0.815. The van der Waals surface area contributed by atoms with Crippen LogP contribution in [0, 0.1) is 0 Å². The van der Waals surface area contributed by atoms with Crippen molar-refractivity contribution < 1.29 is 0 Å². The highest BCUT2D eigenvalue weighted by atomic mass is 16.1. The third-order valence-electron chi connectivity index (χ3n) is 6.32. The Hall–Kier alpha value is -1.95. The number of aryl methyl sites for hydroxylation is 2. The second-order valence-electron chi connectivity index (χ2n) is 9.46. The van der Waals surface area contributed by atoms with Crippen LogP contribution in [0.25, 0.3) is 0 Å². The molecule has 2 aromatic heterocycles. The monoisotopic (exact) mass is 383 g/mol. The molecule has 2 aromatic rings. The first kappa shape index (κ1) is 19.4. The van der Waals surface area contributed by atoms with E-state index >= 15 is 0 Å². The molecule has 2 aliphatic rings. The van der Waals surface area contributed by atoms with Crippen LogP contribution in [0.4, 0.5) is 0 Å². The fraction of sp³-hybridized carbons (Fsp3) is 0.682. The maximum Gasteiger partial charge on any atom is 0.266 e. The Morgan fingerprint density at radius 3 is 2.68 bits per heavy atom. The van der Waals surface area contributed by atoms with E-state index in [4.69, 9.17) is 5.10 Å². The van der Waals surface area contributed by atoms with Gasteiger partial charge in [0.15, 0.2) is 0 Å². The lowest BCUT2D eigenvalue weighted by atomic mass is 9.92. The fourth-order valence-corrected chi connectivity index (χ4v) is 4.63. The van der Waals surface area contributed by atoms with Gasteiger partial charge in [0, 0.05) is 31.1 Å². The summed E-state index contributed by atoms with van der Waals surface area (Å²) in [6.07, 6.45) is 7.10. The zero-order valence-corrected chi connectivity index (χ0v) is 17.7. The van der Waals surface area contributed by atoms with Gasteiger partial charge >= 0.3 is 0 Å². The van der Waals surface area contributed by atoms with Crippen molar-refractivity contribution in [1.29, 1.82) is 0 Å². The number of hydrogen-bond donors (Lipinski definition) is 0. The predicted octanol–water partition coefficient (Wildman–Crippen LogP) is 2.82. The average Bonchev–Trinajstić information content (AvgIpc) is 3.20. The first-order chi connectivity index (χ1) is 13.3. The first-order valence-electron chi connectivity index (χ1n) is 10.7. The molecule has 1 atom stereocenters. The zero-order chi connectivity index (χ0) is 19.9. The second-order valence-corrected chi connectivity index (χ2v) is 9.46. The summed E-state index contributed by atoms with van der Waals surface area (Å²) in [5.74, 6) is 0. The summed E-state index contributed by atoms with van der Waals surface area (Å²) in [5, 5.41) is 9.46. The van der Waals surface area contributed by atoms with Crippen LogP contribution in [0.3, 0.4) is 0 Å². The van der Waals surface area contributed by atoms with Gasteiger partial charge in [-0.3, -0.25) is 14.4 Å². The minimum Gasteiger partial charge on any atom is -0.293 e. The van der Waals surface area contributed by atoms with Crippen LogP contribution in [-0.4, -0.2) is 37.0 Å². The Labute approximate surface area is 167 Å². The van der Waals surface area contributed by atoms with Gasteiger partial charge in [0.25, 0.3) is 5.56 Å². The summed E-state index contributed by atoms with van der Waals surface area (Å²) in [5.41, 5.74) is 5.05. The van der Waals surface area contributed by atoms with Crippen molar-refractivity contribution in [3.63, 3.8) is 0 Å². The van der Waals surface area contributed by atoms with Gasteiger partial charge in [-0.2, -0.15) is 10.2 Å². The highest BCUT2D eigenvalue weighted by Crippen LogP contribution is 2.28. The van der Waals surface area contributed by atoms with E-state index < -0.39 is 0 Å². The van der Waals surface area contributed by atoms with Gasteiger partial charge in [-0.25, -0.2) is 4.68 Å². The summed E-state index contributed by atoms with van der Waals surface area (Å²) >= 11 is 0. The third kappa shape index (κ3) is 3.79. The van der Waals surface area contributed by atoms with Gasteiger partial charge in [0.2, 0.25) is 0 Å². The normalized spacial score (nSPS) is 20.5. The van der Waals surface area contributed by atoms with E-state index in [1.807, 2.05) is 6.07 Å². The molecule has 1 unspecified atom stereocenters. The van der Waals surface area contributed by atoms with Crippen molar-refractivity contribution in [3.8, 4) is 0 Å². The third-order valence-corrected chi connectivity index (χ3v) is 6.32. The predicted molar refractivity (Wildman–Crippen MR) is 110 cm³/mol. The molecule has 1 aliphatic carbocycles. The second kappa shape index (κ2) is 7.47. The number of hydrogen-bond acceptors (Lipinski definition) is 4. The molecule has 6 heteroatoms. The fourth-order valence-electron chi connectivity index (χ4n) is 4.63. The first-order valence-corrected chi connectivity index (χ1v) is 10.7. The van der Waals surface area contributed by atoms with E-state index in [1.165, 1.54) is 36.2 Å². The molecule has 6 nitrogen and oxygen atoms in total. The summed E-state index contributed by atoms with van der Waals surface area (Å²) in [6.45, 7) is 9.09. The highest BCUT2D eigenvalue weighted by Gasteiger charge is 2.29. The van der Waals surface area contributed by atoms with Crippen molar-refractivity contribution in [2.75, 3.05) is 6.54 Å². The van der Waals surface area contributed by atoms with Crippen LogP contribution in [0.5, 0.6) is 0 Å². The zero-order valence-electron chi connectivity index (χ0n) is 17.7. The lowest BCUT2D eigenvalue weighted by Crippen LogP contribution is -2.38. The molecule has 1 saturated heterocycles. The Balaban J connectivity index is 1.54. The number of likely N-dealkylation sites (tertiary alicyclic amines) is 1. The van der Waals surface area contributed by atoms with E-state index in [2.05, 4.69) is 42.5 Å². The minimum atomic E-state index is -0.0570. The van der Waals surface area contributed by atoms with Crippen molar-refractivity contribution in [2.45, 2.75) is 83.8 Å². The number of rotatable bonds is 4. The van der Waals surface area contributed by atoms with Crippen LogP contribution in [0.15, 0.2) is 16.9 Å². The van der Waals surface area contributed by atoms with E-state index in [0.717, 1.165) is 38.0 Å². The largest absolute Gasteiger partial charge is 0.293 e. The van der Waals surface area contributed by atoms with Crippen LogP contribution in [0.1, 0.15) is 69.1 Å². The summed E-state index contributed by atoms with van der Waals surface area (Å²) in [7, 11) is 2.08. The van der Waals surface area contributed by atoms with Crippen LogP contribution < -0.4 is 5.56 Å². The Morgan fingerprint density at radius 1 is 1.11 bits per heavy atom. The van der Waals surface area contributed by atoms with Crippen LogP contribution in [0.2, 0.25) is 0 Å². The summed E-state index contributed by atoms with van der Waals surface area (Å²) < 4.78 is 3.78. The van der Waals surface area contributed by atoms with Crippen molar-refractivity contribution >= 4 is 0 Å². The lowest BCUT2D eigenvalue weighted by Gasteiger charge is -2.26. The van der Waals surface area contributed by atoms with Crippen molar-refractivity contribution in [2.24, 2.45) is 7.05 Å². The van der Waals surface area contributed by atoms with Crippen LogP contribution in [-0.2, 0) is 38.4 Å². The molecule has 0 radical (unpaired) electrons. The van der Waals surface area contributed by atoms with E-state index in [0.29, 0.717) is 12.6 Å². The van der Waals surface area contributed by atoms with E-state index in [-0.39, 0.29) is 11.0 Å². The number of nitrogens with zero attached hydrogens (tertiary/aromatic N) is 5. The highest BCUT2D eigenvalue weighted by molar-refractivity contribution is 5.28. The van der Waals surface area contributed by atoms with E-state index in [1.54, 1.807) is 10.7 Å². The molecule has 0 amide bonds. The van der Waals surface area contributed by atoms with Gasteiger partial charge in [0.05, 0.1) is 23.6 Å². The number of fused-ring (bicyclic) bond motifs is 1. The molecule has 3 heterocycles. The lowest BCUT2D eigenvalue weighted by molar-refractivity contribution is 0.210. The maximum atomic E-state index is 12.4. The Bertz CT molecular complexity index is 905. The van der Waals surface area contributed by atoms with Gasteiger partial charge in [0.1, 0.15) is 0 Å². The van der Waals surface area contributed by atoms with Gasteiger partial charge in [-0.05, 0) is 56.7 Å². The topological polar surface area (TPSA) is 56.0 Å². The number of aromatic nitrogens is 4. The Kier molecular flexibility index (Phi) is 5.17. The molecule has 0 saturated carbocycles. The SMILES string of the molecule is Cn1nc2c(c1CN1CCCC1Cn1nc(C(C)(C)C)ccc1=O)CCCC2. The average molecular weight is 384 g/mol. The molecule has 0 spiro atoms. The molecule has 4 rings (SSSR count). The molecule has 1 fully saturated rings. The summed E-state index contributed by atoms with van der Waals surface area (Å²) in [6, 6.07) is 3.90. The molecule has 0 aromatic carbocycles. The van der Waals surface area contributed by atoms with Gasteiger partial charge in [-0.15, -0.1) is 0 Å². The molecule has 28 heavy (non-hydrogen) atoms. The van der Waals surface area contributed by atoms with Crippen molar-refractivity contribution in [1.82, 2.24) is 24.5 Å². The van der Waals surface area contributed by atoms with E-state index in [9.17, 15) is 4.79 Å². The van der Waals surface area contributed by atoms with Crippen LogP contribution >= 0.6 is 0 Å². The Morgan fingerprint density at radius 2 is 1.89 bits per heavy atom. The smallest absolute Gasteiger partial charge is 0.266 e. The molecular formula is C22H33N5O. The summed E-state index contributed by atoms with van der Waals surface area (Å²) in [4.78, 5) is 15.0. The molecule has 0 bridgehead atoms.